The maximum atomic E-state index is 13.1. The van der Waals surface area contributed by atoms with Gasteiger partial charge in [-0.2, -0.15) is 5.10 Å². The summed E-state index contributed by atoms with van der Waals surface area (Å²) in [6.07, 6.45) is 0. The Balaban J connectivity index is 2.20. The molecule has 116 valence electrons. The molecule has 0 atom stereocenters. The molecule has 0 aliphatic rings. The molecule has 0 saturated heterocycles. The number of nitrogens with zero attached hydrogens (tertiary/aromatic N) is 2. The van der Waals surface area contributed by atoms with Crippen molar-refractivity contribution in [3.8, 4) is 16.9 Å². The normalized spacial score (nSPS) is 10.7. The average Bonchev–Trinajstić information content (AvgIpc) is 2.96. The summed E-state index contributed by atoms with van der Waals surface area (Å²) in [5.41, 5.74) is 2.64. The van der Waals surface area contributed by atoms with Crippen molar-refractivity contribution in [2.24, 2.45) is 0 Å². The second-order valence-electron chi connectivity index (χ2n) is 5.07. The van der Waals surface area contributed by atoms with E-state index in [-0.39, 0.29) is 11.5 Å². The largest absolute Gasteiger partial charge is 0.476 e. The smallest absolute Gasteiger partial charge is 0.356 e. The summed E-state index contributed by atoms with van der Waals surface area (Å²) >= 11 is 6.15. The molecule has 3 aromatic rings. The van der Waals surface area contributed by atoms with E-state index in [2.05, 4.69) is 5.10 Å². The Hall–Kier alpha value is -2.66. The number of benzene rings is 2. The van der Waals surface area contributed by atoms with Crippen LogP contribution in [0.15, 0.2) is 48.5 Å². The first-order chi connectivity index (χ1) is 11.0. The summed E-state index contributed by atoms with van der Waals surface area (Å²) in [5, 5.41) is 13.9. The zero-order valence-corrected chi connectivity index (χ0v) is 12.9. The first kappa shape index (κ1) is 15.2. The minimum atomic E-state index is -1.13. The quantitative estimate of drug-likeness (QED) is 0.777. The Morgan fingerprint density at radius 1 is 1.17 bits per heavy atom. The molecule has 0 unspecified atom stereocenters. The lowest BCUT2D eigenvalue weighted by atomic mass is 10.1. The molecule has 0 fully saturated rings. The van der Waals surface area contributed by atoms with Gasteiger partial charge in [0.1, 0.15) is 5.82 Å². The second-order valence-corrected chi connectivity index (χ2v) is 5.48. The molecule has 0 radical (unpaired) electrons. The number of rotatable bonds is 3. The highest BCUT2D eigenvalue weighted by atomic mass is 35.5. The molecule has 23 heavy (non-hydrogen) atoms. The maximum absolute atomic E-state index is 13.1. The van der Waals surface area contributed by atoms with Crippen molar-refractivity contribution in [3.63, 3.8) is 0 Å². The number of carboxylic acid groups (broad SMARTS) is 1. The fourth-order valence-electron chi connectivity index (χ4n) is 2.22. The van der Waals surface area contributed by atoms with Crippen LogP contribution in [0, 0.1) is 12.7 Å². The summed E-state index contributed by atoms with van der Waals surface area (Å²) in [6, 6.07) is 12.6. The predicted octanol–water partition coefficient (Wildman–Crippen LogP) is 4.34. The van der Waals surface area contributed by atoms with E-state index in [9.17, 15) is 14.3 Å². The highest BCUT2D eigenvalue weighted by Crippen LogP contribution is 2.26. The van der Waals surface area contributed by atoms with Gasteiger partial charge in [-0.25, -0.2) is 13.9 Å². The van der Waals surface area contributed by atoms with Crippen LogP contribution >= 0.6 is 11.6 Å². The number of aromatic carboxylic acids is 1. The zero-order chi connectivity index (χ0) is 16.6. The van der Waals surface area contributed by atoms with Crippen LogP contribution in [-0.2, 0) is 0 Å². The van der Waals surface area contributed by atoms with Crippen molar-refractivity contribution in [3.05, 3.63) is 70.6 Å². The Labute approximate surface area is 136 Å². The van der Waals surface area contributed by atoms with Crippen molar-refractivity contribution in [2.75, 3.05) is 0 Å². The van der Waals surface area contributed by atoms with Crippen molar-refractivity contribution >= 4 is 17.6 Å². The number of hydrogen-bond acceptors (Lipinski definition) is 2. The van der Waals surface area contributed by atoms with Crippen molar-refractivity contribution in [1.82, 2.24) is 9.78 Å². The molecular formula is C17H12ClFN2O2. The fourth-order valence-corrected chi connectivity index (χ4v) is 2.40. The first-order valence-electron chi connectivity index (χ1n) is 6.81. The topological polar surface area (TPSA) is 55.1 Å². The molecule has 0 spiro atoms. The van der Waals surface area contributed by atoms with Crippen molar-refractivity contribution in [2.45, 2.75) is 6.92 Å². The first-order valence-corrected chi connectivity index (χ1v) is 7.19. The molecule has 1 heterocycles. The molecule has 1 aromatic heterocycles. The van der Waals surface area contributed by atoms with Crippen LogP contribution in [-0.4, -0.2) is 20.9 Å². The van der Waals surface area contributed by atoms with Gasteiger partial charge in [0.25, 0.3) is 0 Å². The van der Waals surface area contributed by atoms with Gasteiger partial charge in [-0.15, -0.1) is 0 Å². The van der Waals surface area contributed by atoms with Gasteiger partial charge in [-0.3, -0.25) is 0 Å². The van der Waals surface area contributed by atoms with E-state index in [1.807, 2.05) is 13.0 Å². The molecule has 0 bridgehead atoms. The third-order valence-corrected chi connectivity index (χ3v) is 3.88. The Morgan fingerprint density at radius 3 is 2.48 bits per heavy atom. The summed E-state index contributed by atoms with van der Waals surface area (Å²) in [6.45, 7) is 1.87. The number of carboxylic acids is 1. The van der Waals surface area contributed by atoms with Crippen LogP contribution in [0.1, 0.15) is 16.1 Å². The highest BCUT2D eigenvalue weighted by molar-refractivity contribution is 6.31. The molecule has 6 heteroatoms. The van der Waals surface area contributed by atoms with Crippen molar-refractivity contribution < 1.29 is 14.3 Å². The minimum Gasteiger partial charge on any atom is -0.476 e. The molecule has 3 rings (SSSR count). The number of hydrogen-bond donors (Lipinski definition) is 1. The second kappa shape index (κ2) is 5.85. The molecular weight excluding hydrogens is 319 g/mol. The van der Waals surface area contributed by atoms with Crippen LogP contribution in [0.5, 0.6) is 0 Å². The minimum absolute atomic E-state index is 0.0963. The molecule has 0 amide bonds. The van der Waals surface area contributed by atoms with Crippen LogP contribution in [0.4, 0.5) is 4.39 Å². The van der Waals surface area contributed by atoms with Gasteiger partial charge >= 0.3 is 5.97 Å². The van der Waals surface area contributed by atoms with Gasteiger partial charge in [0.05, 0.1) is 11.4 Å². The number of carbonyl (C=O) groups is 1. The summed E-state index contributed by atoms with van der Waals surface area (Å²) < 4.78 is 14.6. The summed E-state index contributed by atoms with van der Waals surface area (Å²) in [4.78, 5) is 11.2. The van der Waals surface area contributed by atoms with Gasteiger partial charge in [0.2, 0.25) is 0 Å². The van der Waals surface area contributed by atoms with Gasteiger partial charge in [-0.1, -0.05) is 17.7 Å². The molecule has 0 aliphatic carbocycles. The Bertz CT molecular complexity index is 888. The van der Waals surface area contributed by atoms with E-state index in [0.717, 1.165) is 5.56 Å². The highest BCUT2D eigenvalue weighted by Gasteiger charge is 2.16. The molecule has 0 aliphatic heterocycles. The predicted molar refractivity (Wildman–Crippen MR) is 85.7 cm³/mol. The number of aromatic nitrogens is 2. The van der Waals surface area contributed by atoms with Gasteiger partial charge < -0.3 is 5.11 Å². The molecule has 0 saturated carbocycles. The van der Waals surface area contributed by atoms with E-state index >= 15 is 0 Å². The van der Waals surface area contributed by atoms with Gasteiger partial charge in [-0.05, 0) is 55.0 Å². The van der Waals surface area contributed by atoms with E-state index in [0.29, 0.717) is 22.0 Å². The standard InChI is InChI=1S/C17H12ClFN2O2/c1-10-2-7-13(8-14(10)18)21-16(9-15(20-21)17(22)23)11-3-5-12(19)6-4-11/h2-9H,1H3,(H,22,23). The van der Waals surface area contributed by atoms with E-state index in [1.165, 1.54) is 22.9 Å². The number of aryl methyl sites for hydroxylation is 1. The Kier molecular flexibility index (Phi) is 3.88. The van der Waals surface area contributed by atoms with Crippen LogP contribution in [0.3, 0.4) is 0 Å². The SMILES string of the molecule is Cc1ccc(-n2nc(C(=O)O)cc2-c2ccc(F)cc2)cc1Cl. The van der Waals surface area contributed by atoms with Crippen molar-refractivity contribution in [1.29, 1.82) is 0 Å². The van der Waals surface area contributed by atoms with Crippen LogP contribution in [0.25, 0.3) is 16.9 Å². The molecule has 1 N–H and O–H groups in total. The third kappa shape index (κ3) is 2.96. The Morgan fingerprint density at radius 2 is 1.87 bits per heavy atom. The zero-order valence-electron chi connectivity index (χ0n) is 12.1. The van der Waals surface area contributed by atoms with E-state index in [4.69, 9.17) is 11.6 Å². The van der Waals surface area contributed by atoms with Crippen LogP contribution < -0.4 is 0 Å². The van der Waals surface area contributed by atoms with Gasteiger partial charge in [0, 0.05) is 10.6 Å². The monoisotopic (exact) mass is 330 g/mol. The molecule has 4 nitrogen and oxygen atoms in total. The van der Waals surface area contributed by atoms with Crippen LogP contribution in [0.2, 0.25) is 5.02 Å². The third-order valence-electron chi connectivity index (χ3n) is 3.47. The lowest BCUT2D eigenvalue weighted by Crippen LogP contribution is -2.02. The average molecular weight is 331 g/mol. The molecule has 2 aromatic carbocycles. The lowest BCUT2D eigenvalue weighted by Gasteiger charge is -2.09. The number of halogens is 2. The fraction of sp³-hybridized carbons (Fsp3) is 0.0588. The summed E-state index contributed by atoms with van der Waals surface area (Å²) in [7, 11) is 0. The van der Waals surface area contributed by atoms with E-state index in [1.54, 1.807) is 24.3 Å². The van der Waals surface area contributed by atoms with E-state index < -0.39 is 5.97 Å². The van der Waals surface area contributed by atoms with Gasteiger partial charge in [0.15, 0.2) is 5.69 Å². The summed E-state index contributed by atoms with van der Waals surface area (Å²) in [5.74, 6) is -1.50. The maximum Gasteiger partial charge on any atom is 0.356 e. The lowest BCUT2D eigenvalue weighted by molar-refractivity contribution is 0.0690.